The van der Waals surface area contributed by atoms with Gasteiger partial charge in [-0.1, -0.05) is 15.9 Å². The first-order chi connectivity index (χ1) is 7.00. The van der Waals surface area contributed by atoms with Crippen molar-refractivity contribution in [2.75, 3.05) is 5.32 Å². The molecule has 0 saturated heterocycles. The van der Waals surface area contributed by atoms with Crippen LogP contribution in [0.5, 0.6) is 0 Å². The van der Waals surface area contributed by atoms with Gasteiger partial charge in [0, 0.05) is 10.0 Å². The number of hydrogen-bond donors (Lipinski definition) is 2. The Balaban J connectivity index is 2.34. The SMILES string of the molecule is CC1(Nc2cc(Br)ccc2C(=O)O)CC1. The third-order valence-electron chi connectivity index (χ3n) is 2.65. The standard InChI is InChI=1S/C11H12BrNO2/c1-11(4-5-11)13-9-6-7(12)2-3-8(9)10(14)15/h2-3,6,13H,4-5H2,1H3,(H,14,15). The van der Waals surface area contributed by atoms with Crippen molar-refractivity contribution in [1.82, 2.24) is 0 Å². The molecule has 0 heterocycles. The first kappa shape index (κ1) is 10.5. The summed E-state index contributed by atoms with van der Waals surface area (Å²) < 4.78 is 0.888. The van der Waals surface area contributed by atoms with Gasteiger partial charge in [-0.3, -0.25) is 0 Å². The van der Waals surface area contributed by atoms with Gasteiger partial charge in [0.05, 0.1) is 11.3 Å². The molecule has 0 unspecified atom stereocenters. The van der Waals surface area contributed by atoms with Crippen molar-refractivity contribution in [2.45, 2.75) is 25.3 Å². The summed E-state index contributed by atoms with van der Waals surface area (Å²) in [4.78, 5) is 11.0. The second kappa shape index (κ2) is 3.52. The summed E-state index contributed by atoms with van der Waals surface area (Å²) >= 11 is 3.34. The number of carboxylic acid groups (broad SMARTS) is 1. The Kier molecular flexibility index (Phi) is 2.46. The van der Waals surface area contributed by atoms with Crippen LogP contribution in [0, 0.1) is 0 Å². The van der Waals surface area contributed by atoms with Crippen LogP contribution in [0.3, 0.4) is 0 Å². The van der Waals surface area contributed by atoms with Crippen LogP contribution in [0.4, 0.5) is 5.69 Å². The molecule has 0 radical (unpaired) electrons. The van der Waals surface area contributed by atoms with E-state index < -0.39 is 5.97 Å². The van der Waals surface area contributed by atoms with Crippen LogP contribution in [-0.2, 0) is 0 Å². The van der Waals surface area contributed by atoms with Gasteiger partial charge in [0.1, 0.15) is 0 Å². The van der Waals surface area contributed by atoms with Crippen molar-refractivity contribution in [3.63, 3.8) is 0 Å². The number of anilines is 1. The molecule has 4 heteroatoms. The Morgan fingerprint density at radius 3 is 2.73 bits per heavy atom. The Morgan fingerprint density at radius 2 is 2.20 bits per heavy atom. The average molecular weight is 270 g/mol. The van der Waals surface area contributed by atoms with Gasteiger partial charge >= 0.3 is 5.97 Å². The third kappa shape index (κ3) is 2.31. The highest BCUT2D eigenvalue weighted by Gasteiger charge is 2.37. The fourth-order valence-electron chi connectivity index (χ4n) is 1.44. The predicted octanol–water partition coefficient (Wildman–Crippen LogP) is 3.11. The number of carbonyl (C=O) groups is 1. The molecule has 1 aromatic carbocycles. The summed E-state index contributed by atoms with van der Waals surface area (Å²) in [7, 11) is 0. The van der Waals surface area contributed by atoms with Crippen molar-refractivity contribution in [2.24, 2.45) is 0 Å². The molecule has 0 spiro atoms. The minimum Gasteiger partial charge on any atom is -0.478 e. The van der Waals surface area contributed by atoms with Crippen LogP contribution in [0.2, 0.25) is 0 Å². The number of rotatable bonds is 3. The van der Waals surface area contributed by atoms with Crippen molar-refractivity contribution in [1.29, 1.82) is 0 Å². The molecule has 1 saturated carbocycles. The highest BCUT2D eigenvalue weighted by molar-refractivity contribution is 9.10. The molecule has 0 atom stereocenters. The Hall–Kier alpha value is -1.03. The zero-order valence-electron chi connectivity index (χ0n) is 8.38. The molecule has 0 bridgehead atoms. The number of hydrogen-bond acceptors (Lipinski definition) is 2. The molecular formula is C11H12BrNO2. The zero-order valence-corrected chi connectivity index (χ0v) is 9.97. The monoisotopic (exact) mass is 269 g/mol. The van der Waals surface area contributed by atoms with Crippen molar-refractivity contribution in [3.8, 4) is 0 Å². The Labute approximate surface area is 96.6 Å². The van der Waals surface area contributed by atoms with Crippen LogP contribution in [-0.4, -0.2) is 16.6 Å². The summed E-state index contributed by atoms with van der Waals surface area (Å²) in [5, 5.41) is 12.3. The van der Waals surface area contributed by atoms with E-state index in [0.29, 0.717) is 11.3 Å². The maximum Gasteiger partial charge on any atom is 0.337 e. The Bertz CT molecular complexity index is 413. The zero-order chi connectivity index (χ0) is 11.1. The summed E-state index contributed by atoms with van der Waals surface area (Å²) in [5.41, 5.74) is 1.11. The molecule has 3 nitrogen and oxygen atoms in total. The normalized spacial score (nSPS) is 17.2. The van der Waals surface area contributed by atoms with Crippen LogP contribution >= 0.6 is 15.9 Å². The highest BCUT2D eigenvalue weighted by Crippen LogP contribution is 2.39. The molecule has 0 aromatic heterocycles. The fourth-order valence-corrected chi connectivity index (χ4v) is 1.81. The molecule has 1 aromatic rings. The largest absolute Gasteiger partial charge is 0.478 e. The lowest BCUT2D eigenvalue weighted by Crippen LogP contribution is -2.18. The Morgan fingerprint density at radius 1 is 1.53 bits per heavy atom. The van der Waals surface area contributed by atoms with E-state index in [1.54, 1.807) is 12.1 Å². The maximum atomic E-state index is 11.0. The fraction of sp³-hybridized carbons (Fsp3) is 0.364. The minimum atomic E-state index is -0.894. The number of halogens is 1. The number of carboxylic acids is 1. The van der Waals surface area contributed by atoms with Gasteiger partial charge in [-0.25, -0.2) is 4.79 Å². The quantitative estimate of drug-likeness (QED) is 0.887. The lowest BCUT2D eigenvalue weighted by atomic mass is 10.1. The minimum absolute atomic E-state index is 0.0883. The van der Waals surface area contributed by atoms with Crippen molar-refractivity contribution < 1.29 is 9.90 Å². The van der Waals surface area contributed by atoms with E-state index in [9.17, 15) is 4.79 Å². The summed E-state index contributed by atoms with van der Waals surface area (Å²) in [6, 6.07) is 5.16. The second-order valence-corrected chi connectivity index (χ2v) is 5.10. The summed E-state index contributed by atoms with van der Waals surface area (Å²) in [5.74, 6) is -0.894. The molecule has 1 aliphatic carbocycles. The summed E-state index contributed by atoms with van der Waals surface area (Å²) in [6.45, 7) is 2.10. The molecule has 2 rings (SSSR count). The van der Waals surface area contributed by atoms with E-state index >= 15 is 0 Å². The van der Waals surface area contributed by atoms with E-state index in [-0.39, 0.29) is 5.54 Å². The lowest BCUT2D eigenvalue weighted by molar-refractivity contribution is 0.0698. The van der Waals surface area contributed by atoms with E-state index in [2.05, 4.69) is 28.2 Å². The van der Waals surface area contributed by atoms with Gasteiger partial charge in [0.15, 0.2) is 0 Å². The van der Waals surface area contributed by atoms with E-state index in [4.69, 9.17) is 5.11 Å². The molecule has 15 heavy (non-hydrogen) atoms. The van der Waals surface area contributed by atoms with Crippen LogP contribution in [0.1, 0.15) is 30.1 Å². The summed E-state index contributed by atoms with van der Waals surface area (Å²) in [6.07, 6.45) is 2.19. The number of benzene rings is 1. The highest BCUT2D eigenvalue weighted by atomic mass is 79.9. The molecular weight excluding hydrogens is 258 g/mol. The smallest absolute Gasteiger partial charge is 0.337 e. The van der Waals surface area contributed by atoms with Gasteiger partial charge in [-0.2, -0.15) is 0 Å². The van der Waals surface area contributed by atoms with E-state index in [0.717, 1.165) is 17.3 Å². The lowest BCUT2D eigenvalue weighted by Gasteiger charge is -2.15. The van der Waals surface area contributed by atoms with Crippen molar-refractivity contribution in [3.05, 3.63) is 28.2 Å². The molecule has 0 aliphatic heterocycles. The van der Waals surface area contributed by atoms with Gasteiger partial charge < -0.3 is 10.4 Å². The van der Waals surface area contributed by atoms with Crippen LogP contribution in [0.25, 0.3) is 0 Å². The molecule has 0 amide bonds. The first-order valence-corrected chi connectivity index (χ1v) is 5.60. The molecule has 1 aliphatic rings. The second-order valence-electron chi connectivity index (χ2n) is 4.18. The van der Waals surface area contributed by atoms with Gasteiger partial charge in [-0.05, 0) is 38.0 Å². The van der Waals surface area contributed by atoms with Crippen LogP contribution < -0.4 is 5.32 Å². The maximum absolute atomic E-state index is 11.0. The number of aromatic carboxylic acids is 1. The van der Waals surface area contributed by atoms with Gasteiger partial charge in [-0.15, -0.1) is 0 Å². The third-order valence-corrected chi connectivity index (χ3v) is 3.14. The van der Waals surface area contributed by atoms with E-state index in [1.807, 2.05) is 6.07 Å². The molecule has 1 fully saturated rings. The molecule has 2 N–H and O–H groups in total. The van der Waals surface area contributed by atoms with Gasteiger partial charge in [0.2, 0.25) is 0 Å². The first-order valence-electron chi connectivity index (χ1n) is 4.81. The van der Waals surface area contributed by atoms with Crippen LogP contribution in [0.15, 0.2) is 22.7 Å². The van der Waals surface area contributed by atoms with Gasteiger partial charge in [0.25, 0.3) is 0 Å². The van der Waals surface area contributed by atoms with Crippen molar-refractivity contribution >= 4 is 27.6 Å². The number of nitrogens with one attached hydrogen (secondary N) is 1. The molecule has 80 valence electrons. The van der Waals surface area contributed by atoms with E-state index in [1.165, 1.54) is 0 Å². The topological polar surface area (TPSA) is 49.3 Å². The predicted molar refractivity (Wildman–Crippen MR) is 62.4 cm³/mol. The average Bonchev–Trinajstić information content (AvgIpc) is 2.82.